The van der Waals surface area contributed by atoms with Gasteiger partial charge in [0, 0.05) is 17.7 Å². The fourth-order valence-corrected chi connectivity index (χ4v) is 1.99. The number of benzene rings is 1. The van der Waals surface area contributed by atoms with Crippen molar-refractivity contribution in [2.45, 2.75) is 19.9 Å². The number of halogens is 3. The molecule has 1 atom stereocenters. The van der Waals surface area contributed by atoms with E-state index in [1.165, 1.54) is 0 Å². The number of hydrogen-bond donors (Lipinski definition) is 1. The molecule has 0 aliphatic carbocycles. The second-order valence-corrected chi connectivity index (χ2v) is 4.22. The molecule has 5 heteroatoms. The van der Waals surface area contributed by atoms with Gasteiger partial charge in [-0.1, -0.05) is 6.92 Å². The summed E-state index contributed by atoms with van der Waals surface area (Å²) in [6.07, 6.45) is 0. The molecule has 0 aliphatic rings. The molecule has 0 radical (unpaired) electrons. The minimum Gasteiger partial charge on any atom is -0.464 e. The van der Waals surface area contributed by atoms with Crippen molar-refractivity contribution >= 4 is 0 Å². The maximum atomic E-state index is 13.8. The van der Waals surface area contributed by atoms with Crippen LogP contribution in [0.4, 0.5) is 13.2 Å². The lowest BCUT2D eigenvalue weighted by Crippen LogP contribution is -2.24. The minimum absolute atomic E-state index is 0.238. The average Bonchev–Trinajstić information content (AvgIpc) is 2.73. The van der Waals surface area contributed by atoms with Crippen molar-refractivity contribution in [2.24, 2.45) is 0 Å². The van der Waals surface area contributed by atoms with Gasteiger partial charge in [-0.25, -0.2) is 13.2 Å². The molecule has 0 amide bonds. The van der Waals surface area contributed by atoms with Gasteiger partial charge in [0.05, 0.1) is 6.04 Å². The van der Waals surface area contributed by atoms with Gasteiger partial charge in [0.15, 0.2) is 0 Å². The highest BCUT2D eigenvalue weighted by atomic mass is 19.1. The van der Waals surface area contributed by atoms with E-state index in [9.17, 15) is 13.2 Å². The predicted octanol–water partition coefficient (Wildman–Crippen LogP) is 3.70. The minimum atomic E-state index is -0.940. The van der Waals surface area contributed by atoms with Crippen molar-refractivity contribution in [1.29, 1.82) is 0 Å². The molecule has 1 N–H and O–H groups in total. The lowest BCUT2D eigenvalue weighted by molar-refractivity contribution is 0.412. The number of aryl methyl sites for hydroxylation is 1. The Labute approximate surface area is 109 Å². The standard InChI is InChI=1S/C14H14F3NO/c1-3-18-14(12-5-4-8(2)19-12)13-10(16)6-9(15)7-11(13)17/h4-7,14,18H,3H2,1-2H3. The van der Waals surface area contributed by atoms with Gasteiger partial charge in [0.1, 0.15) is 29.0 Å². The second-order valence-electron chi connectivity index (χ2n) is 4.22. The molecule has 0 bridgehead atoms. The zero-order valence-corrected chi connectivity index (χ0v) is 10.6. The van der Waals surface area contributed by atoms with E-state index in [2.05, 4.69) is 5.32 Å². The summed E-state index contributed by atoms with van der Waals surface area (Å²) in [5.41, 5.74) is -0.238. The molecule has 102 valence electrons. The fourth-order valence-electron chi connectivity index (χ4n) is 1.99. The first-order valence-electron chi connectivity index (χ1n) is 5.97. The highest BCUT2D eigenvalue weighted by molar-refractivity contribution is 5.30. The van der Waals surface area contributed by atoms with Gasteiger partial charge < -0.3 is 9.73 Å². The Kier molecular flexibility index (Phi) is 3.95. The van der Waals surface area contributed by atoms with E-state index < -0.39 is 23.5 Å². The van der Waals surface area contributed by atoms with E-state index in [-0.39, 0.29) is 5.56 Å². The first-order valence-corrected chi connectivity index (χ1v) is 5.97. The third-order valence-electron chi connectivity index (χ3n) is 2.79. The molecule has 0 aliphatic heterocycles. The Hall–Kier alpha value is -1.75. The van der Waals surface area contributed by atoms with Crippen LogP contribution in [-0.2, 0) is 0 Å². The Morgan fingerprint density at radius 3 is 2.26 bits per heavy atom. The highest BCUT2D eigenvalue weighted by Gasteiger charge is 2.24. The van der Waals surface area contributed by atoms with Gasteiger partial charge in [0.2, 0.25) is 0 Å². The van der Waals surface area contributed by atoms with Crippen LogP contribution in [0.15, 0.2) is 28.7 Å². The van der Waals surface area contributed by atoms with Gasteiger partial charge in [-0.2, -0.15) is 0 Å². The summed E-state index contributed by atoms with van der Waals surface area (Å²) in [6, 6.07) is 3.90. The average molecular weight is 269 g/mol. The van der Waals surface area contributed by atoms with Gasteiger partial charge in [-0.3, -0.25) is 0 Å². The molecule has 0 saturated carbocycles. The Balaban J connectivity index is 2.51. The third kappa shape index (κ3) is 2.81. The highest BCUT2D eigenvalue weighted by Crippen LogP contribution is 2.28. The summed E-state index contributed by atoms with van der Waals surface area (Å²) in [5.74, 6) is -1.77. The van der Waals surface area contributed by atoms with Crippen LogP contribution in [0.1, 0.15) is 30.0 Å². The smallest absolute Gasteiger partial charge is 0.134 e. The van der Waals surface area contributed by atoms with Crippen LogP contribution in [0.25, 0.3) is 0 Å². The van der Waals surface area contributed by atoms with Crippen LogP contribution in [0, 0.1) is 24.4 Å². The lowest BCUT2D eigenvalue weighted by atomic mass is 10.0. The number of hydrogen-bond acceptors (Lipinski definition) is 2. The molecule has 1 aromatic carbocycles. The van der Waals surface area contributed by atoms with Gasteiger partial charge in [0.25, 0.3) is 0 Å². The summed E-state index contributed by atoms with van der Waals surface area (Å²) >= 11 is 0. The lowest BCUT2D eigenvalue weighted by Gasteiger charge is -2.17. The van der Waals surface area contributed by atoms with Crippen LogP contribution in [0.3, 0.4) is 0 Å². The largest absolute Gasteiger partial charge is 0.464 e. The van der Waals surface area contributed by atoms with E-state index in [0.29, 0.717) is 30.2 Å². The van der Waals surface area contributed by atoms with Crippen molar-refractivity contribution in [3.05, 3.63) is 58.8 Å². The molecule has 2 nitrogen and oxygen atoms in total. The number of furan rings is 1. The van der Waals surface area contributed by atoms with Crippen LogP contribution in [-0.4, -0.2) is 6.54 Å². The van der Waals surface area contributed by atoms with Gasteiger partial charge >= 0.3 is 0 Å². The molecule has 0 spiro atoms. The summed E-state index contributed by atoms with van der Waals surface area (Å²) < 4.78 is 46.0. The zero-order valence-electron chi connectivity index (χ0n) is 10.6. The molecular weight excluding hydrogens is 255 g/mol. The molecule has 1 unspecified atom stereocenters. The number of rotatable bonds is 4. The zero-order chi connectivity index (χ0) is 14.0. The Morgan fingerprint density at radius 1 is 1.16 bits per heavy atom. The molecule has 19 heavy (non-hydrogen) atoms. The maximum Gasteiger partial charge on any atom is 0.134 e. The monoisotopic (exact) mass is 269 g/mol. The summed E-state index contributed by atoms with van der Waals surface area (Å²) in [5, 5.41) is 2.93. The molecule has 0 saturated heterocycles. The van der Waals surface area contributed by atoms with E-state index in [4.69, 9.17) is 4.42 Å². The Morgan fingerprint density at radius 2 is 1.79 bits per heavy atom. The molecule has 1 aromatic heterocycles. The quantitative estimate of drug-likeness (QED) is 0.915. The third-order valence-corrected chi connectivity index (χ3v) is 2.79. The molecule has 0 fully saturated rings. The first-order chi connectivity index (χ1) is 9.02. The maximum absolute atomic E-state index is 13.8. The fraction of sp³-hybridized carbons (Fsp3) is 0.286. The number of nitrogens with one attached hydrogen (secondary N) is 1. The van der Waals surface area contributed by atoms with Crippen molar-refractivity contribution in [1.82, 2.24) is 5.32 Å². The van der Waals surface area contributed by atoms with Gasteiger partial charge in [-0.05, 0) is 25.6 Å². The van der Waals surface area contributed by atoms with E-state index in [1.807, 2.05) is 6.92 Å². The summed E-state index contributed by atoms with van der Waals surface area (Å²) in [7, 11) is 0. The van der Waals surface area contributed by atoms with Crippen molar-refractivity contribution < 1.29 is 17.6 Å². The Bertz CT molecular complexity index is 557. The summed E-state index contributed by atoms with van der Waals surface area (Å²) in [6.45, 7) is 4.03. The molecule has 2 rings (SSSR count). The van der Waals surface area contributed by atoms with Crippen molar-refractivity contribution in [3.63, 3.8) is 0 Å². The van der Waals surface area contributed by atoms with Gasteiger partial charge in [-0.15, -0.1) is 0 Å². The topological polar surface area (TPSA) is 25.2 Å². The summed E-state index contributed by atoms with van der Waals surface area (Å²) in [4.78, 5) is 0. The van der Waals surface area contributed by atoms with Crippen LogP contribution in [0.5, 0.6) is 0 Å². The molecule has 1 heterocycles. The molecular formula is C14H14F3NO. The van der Waals surface area contributed by atoms with E-state index in [1.54, 1.807) is 19.1 Å². The van der Waals surface area contributed by atoms with Crippen LogP contribution < -0.4 is 5.32 Å². The first kappa shape index (κ1) is 13.7. The second kappa shape index (κ2) is 5.48. The van der Waals surface area contributed by atoms with Crippen LogP contribution in [0.2, 0.25) is 0 Å². The van der Waals surface area contributed by atoms with Crippen molar-refractivity contribution in [2.75, 3.05) is 6.54 Å². The SMILES string of the molecule is CCNC(c1ccc(C)o1)c1c(F)cc(F)cc1F. The van der Waals surface area contributed by atoms with Crippen LogP contribution >= 0.6 is 0 Å². The van der Waals surface area contributed by atoms with Crippen molar-refractivity contribution in [3.8, 4) is 0 Å². The normalized spacial score (nSPS) is 12.7. The van der Waals surface area contributed by atoms with E-state index >= 15 is 0 Å². The predicted molar refractivity (Wildman–Crippen MR) is 65.3 cm³/mol. The molecule has 2 aromatic rings. The van der Waals surface area contributed by atoms with E-state index in [0.717, 1.165) is 0 Å².